The Bertz CT molecular complexity index is 404. The summed E-state index contributed by atoms with van der Waals surface area (Å²) < 4.78 is 10.7. The van der Waals surface area contributed by atoms with Gasteiger partial charge in [0, 0.05) is 11.8 Å². The zero-order chi connectivity index (χ0) is 12.1. The lowest BCUT2D eigenvalue weighted by Crippen LogP contribution is -2.21. The maximum Gasteiger partial charge on any atom is 0.142 e. The van der Waals surface area contributed by atoms with Crippen molar-refractivity contribution in [2.45, 2.75) is 18.9 Å². The summed E-state index contributed by atoms with van der Waals surface area (Å²) in [5.74, 6) is 0.804. The average Bonchev–Trinajstić information content (AvgIpc) is 2.41. The zero-order valence-corrected chi connectivity index (χ0v) is 10.3. The molecular weight excluding hydrogens is 216 g/mol. The van der Waals surface area contributed by atoms with E-state index < -0.39 is 0 Å². The summed E-state index contributed by atoms with van der Waals surface area (Å²) in [5, 5.41) is 3.31. The molecule has 0 bridgehead atoms. The van der Waals surface area contributed by atoms with E-state index in [9.17, 15) is 0 Å². The molecule has 0 radical (unpaired) electrons. The van der Waals surface area contributed by atoms with E-state index >= 15 is 0 Å². The molecule has 1 aliphatic rings. The number of rotatable bonds is 4. The molecule has 1 aromatic heterocycles. The number of ether oxygens (including phenoxy) is 2. The molecule has 92 valence electrons. The van der Waals surface area contributed by atoms with Crippen LogP contribution in [-0.4, -0.2) is 25.7 Å². The fraction of sp³-hybridized carbons (Fsp3) is 0.462. The normalized spacial score (nSPS) is 16.9. The van der Waals surface area contributed by atoms with Crippen molar-refractivity contribution in [3.63, 3.8) is 0 Å². The minimum absolute atomic E-state index is 0.133. The molecule has 4 heteroatoms. The molecule has 0 saturated carbocycles. The number of nitrogens with zero attached hydrogens (tertiary/aromatic N) is 1. The first-order valence-corrected chi connectivity index (χ1v) is 5.82. The van der Waals surface area contributed by atoms with Crippen LogP contribution in [-0.2, 0) is 4.74 Å². The molecule has 1 unspecified atom stereocenters. The Morgan fingerprint density at radius 1 is 1.53 bits per heavy atom. The smallest absolute Gasteiger partial charge is 0.142 e. The van der Waals surface area contributed by atoms with Crippen LogP contribution in [0.25, 0.3) is 0 Å². The van der Waals surface area contributed by atoms with E-state index in [2.05, 4.69) is 10.3 Å². The number of nitrogens with one attached hydrogen (secondary N) is 1. The second kappa shape index (κ2) is 5.68. The Balaban J connectivity index is 2.31. The van der Waals surface area contributed by atoms with Gasteiger partial charge in [0.25, 0.3) is 0 Å². The summed E-state index contributed by atoms with van der Waals surface area (Å²) in [6.07, 6.45) is 7.51. The van der Waals surface area contributed by atoms with Gasteiger partial charge in [0.1, 0.15) is 5.75 Å². The van der Waals surface area contributed by atoms with Gasteiger partial charge in [0.15, 0.2) is 0 Å². The van der Waals surface area contributed by atoms with Gasteiger partial charge in [-0.1, -0.05) is 0 Å². The van der Waals surface area contributed by atoms with Crippen molar-refractivity contribution in [3.8, 4) is 5.75 Å². The Labute approximate surface area is 102 Å². The molecular formula is C13H18N2O2. The molecule has 1 N–H and O–H groups in total. The second-order valence-corrected chi connectivity index (χ2v) is 4.01. The lowest BCUT2D eigenvalue weighted by molar-refractivity contribution is 0.219. The predicted molar refractivity (Wildman–Crippen MR) is 65.9 cm³/mol. The van der Waals surface area contributed by atoms with Gasteiger partial charge in [-0.3, -0.25) is 4.98 Å². The van der Waals surface area contributed by atoms with E-state index in [1.165, 1.54) is 5.57 Å². The van der Waals surface area contributed by atoms with Gasteiger partial charge in [0.05, 0.1) is 32.2 Å². The third-order valence-corrected chi connectivity index (χ3v) is 2.97. The predicted octanol–water partition coefficient (Wildman–Crippen LogP) is 2.04. The first kappa shape index (κ1) is 11.9. The molecule has 0 saturated heterocycles. The molecule has 0 spiro atoms. The third-order valence-electron chi connectivity index (χ3n) is 2.97. The van der Waals surface area contributed by atoms with Crippen LogP contribution >= 0.6 is 0 Å². The minimum Gasteiger partial charge on any atom is -0.501 e. The van der Waals surface area contributed by atoms with Crippen molar-refractivity contribution in [3.05, 3.63) is 35.9 Å². The summed E-state index contributed by atoms with van der Waals surface area (Å²) in [5.41, 5.74) is 2.35. The number of aromatic nitrogens is 1. The Kier molecular flexibility index (Phi) is 3.98. The number of hydrogen-bond acceptors (Lipinski definition) is 4. The van der Waals surface area contributed by atoms with Gasteiger partial charge in [-0.05, 0) is 31.5 Å². The first-order chi connectivity index (χ1) is 8.36. The van der Waals surface area contributed by atoms with E-state index in [1.54, 1.807) is 19.5 Å². The summed E-state index contributed by atoms with van der Waals surface area (Å²) >= 11 is 0. The molecule has 0 aliphatic carbocycles. The van der Waals surface area contributed by atoms with Crippen molar-refractivity contribution in [1.82, 2.24) is 10.3 Å². The van der Waals surface area contributed by atoms with E-state index in [4.69, 9.17) is 9.47 Å². The van der Waals surface area contributed by atoms with Crippen LogP contribution in [0.3, 0.4) is 0 Å². The molecule has 0 aromatic carbocycles. The number of likely N-dealkylation sites (N-methyl/N-ethyl adjacent to an activating group) is 1. The van der Waals surface area contributed by atoms with E-state index in [0.717, 1.165) is 30.8 Å². The topological polar surface area (TPSA) is 43.4 Å². The third kappa shape index (κ3) is 2.58. The van der Waals surface area contributed by atoms with E-state index in [1.807, 2.05) is 19.4 Å². The fourth-order valence-electron chi connectivity index (χ4n) is 2.14. The Morgan fingerprint density at radius 3 is 3.06 bits per heavy atom. The molecule has 0 amide bonds. The molecule has 4 nitrogen and oxygen atoms in total. The van der Waals surface area contributed by atoms with Crippen LogP contribution in [0.2, 0.25) is 0 Å². The zero-order valence-electron chi connectivity index (χ0n) is 10.3. The summed E-state index contributed by atoms with van der Waals surface area (Å²) in [6, 6.07) is 2.11. The van der Waals surface area contributed by atoms with Crippen molar-refractivity contribution in [1.29, 1.82) is 0 Å². The van der Waals surface area contributed by atoms with Crippen LogP contribution in [0.4, 0.5) is 0 Å². The Morgan fingerprint density at radius 2 is 2.41 bits per heavy atom. The van der Waals surface area contributed by atoms with Crippen molar-refractivity contribution in [2.24, 2.45) is 0 Å². The quantitative estimate of drug-likeness (QED) is 0.866. The maximum atomic E-state index is 5.40. The first-order valence-electron chi connectivity index (χ1n) is 5.82. The number of pyridine rings is 1. The highest BCUT2D eigenvalue weighted by Crippen LogP contribution is 2.32. The summed E-state index contributed by atoms with van der Waals surface area (Å²) in [4.78, 5) is 4.07. The highest BCUT2D eigenvalue weighted by atomic mass is 16.5. The van der Waals surface area contributed by atoms with Crippen LogP contribution in [0.5, 0.6) is 5.75 Å². The molecule has 1 aliphatic heterocycles. The van der Waals surface area contributed by atoms with Crippen LogP contribution in [0.1, 0.15) is 24.4 Å². The summed E-state index contributed by atoms with van der Waals surface area (Å²) in [6.45, 7) is 0.813. The van der Waals surface area contributed by atoms with Gasteiger partial charge in [0.2, 0.25) is 0 Å². The average molecular weight is 234 g/mol. The highest BCUT2D eigenvalue weighted by molar-refractivity contribution is 5.37. The standard InChI is InChI=1S/C13H18N2O2/c1-14-13(10-4-3-7-17-9-10)11-5-6-15-8-12(11)16-2/h5-6,8-9,13-14H,3-4,7H2,1-2H3. The van der Waals surface area contributed by atoms with Gasteiger partial charge >= 0.3 is 0 Å². The van der Waals surface area contributed by atoms with Crippen LogP contribution in [0, 0.1) is 0 Å². The fourth-order valence-corrected chi connectivity index (χ4v) is 2.14. The summed E-state index contributed by atoms with van der Waals surface area (Å²) in [7, 11) is 3.61. The van der Waals surface area contributed by atoms with Crippen LogP contribution in [0.15, 0.2) is 30.3 Å². The van der Waals surface area contributed by atoms with Crippen molar-refractivity contribution >= 4 is 0 Å². The highest BCUT2D eigenvalue weighted by Gasteiger charge is 2.20. The SMILES string of the molecule is CNC(C1=COCCC1)c1ccncc1OC. The van der Waals surface area contributed by atoms with Gasteiger partial charge in [-0.2, -0.15) is 0 Å². The number of methoxy groups -OCH3 is 1. The Hall–Kier alpha value is -1.55. The molecule has 2 rings (SSSR count). The second-order valence-electron chi connectivity index (χ2n) is 4.01. The number of hydrogen-bond donors (Lipinski definition) is 1. The molecule has 1 atom stereocenters. The van der Waals surface area contributed by atoms with Gasteiger partial charge in [-0.15, -0.1) is 0 Å². The van der Waals surface area contributed by atoms with Gasteiger partial charge in [-0.25, -0.2) is 0 Å². The molecule has 1 aromatic rings. The van der Waals surface area contributed by atoms with E-state index in [-0.39, 0.29) is 6.04 Å². The van der Waals surface area contributed by atoms with Crippen molar-refractivity contribution in [2.75, 3.05) is 20.8 Å². The van der Waals surface area contributed by atoms with Crippen molar-refractivity contribution < 1.29 is 9.47 Å². The molecule has 2 heterocycles. The molecule has 0 fully saturated rings. The molecule has 17 heavy (non-hydrogen) atoms. The lowest BCUT2D eigenvalue weighted by atomic mass is 9.95. The van der Waals surface area contributed by atoms with E-state index in [0.29, 0.717) is 0 Å². The maximum absolute atomic E-state index is 5.40. The minimum atomic E-state index is 0.133. The largest absolute Gasteiger partial charge is 0.501 e. The monoisotopic (exact) mass is 234 g/mol. The van der Waals surface area contributed by atoms with Gasteiger partial charge < -0.3 is 14.8 Å². The van der Waals surface area contributed by atoms with Crippen LogP contribution < -0.4 is 10.1 Å². The lowest BCUT2D eigenvalue weighted by Gasteiger charge is -2.24.